The van der Waals surface area contributed by atoms with Gasteiger partial charge in [-0.05, 0) is 119 Å². The van der Waals surface area contributed by atoms with E-state index in [0.29, 0.717) is 54.3 Å². The number of pyridine rings is 3. The zero-order chi connectivity index (χ0) is 71.7. The lowest BCUT2D eigenvalue weighted by Crippen LogP contribution is -2.21. The quantitative estimate of drug-likeness (QED) is 0.0717. The maximum absolute atomic E-state index is 12.2. The summed E-state index contributed by atoms with van der Waals surface area (Å²) >= 11 is 0. The van der Waals surface area contributed by atoms with Crippen LogP contribution in [0.3, 0.4) is 0 Å². The Balaban J connectivity index is 0.000000121. The Morgan fingerprint density at radius 3 is 1.02 bits per heavy atom. The first-order chi connectivity index (χ1) is 51.4. The van der Waals surface area contributed by atoms with Crippen molar-refractivity contribution in [2.45, 2.75) is 108 Å². The number of nitrogens with zero attached hydrogens (tertiary/aromatic N) is 12. The van der Waals surface area contributed by atoms with Gasteiger partial charge in [0.25, 0.3) is 0 Å². The highest BCUT2D eigenvalue weighted by Gasteiger charge is 2.33. The van der Waals surface area contributed by atoms with Gasteiger partial charge in [-0.1, -0.05) is 153 Å². The average Bonchev–Trinajstić information content (AvgIpc) is 1.64. The first-order valence-corrected chi connectivity index (χ1v) is 36.5. The van der Waals surface area contributed by atoms with Crippen LogP contribution in [0.2, 0.25) is 0 Å². The molecule has 18 rings (SSSR count). The van der Waals surface area contributed by atoms with E-state index >= 15 is 0 Å². The molecule has 15 aromatic rings. The lowest BCUT2D eigenvalue weighted by molar-refractivity contribution is -0.142. The fourth-order valence-electron chi connectivity index (χ4n) is 16.0. The molecule has 0 bridgehead atoms. The van der Waals surface area contributed by atoms with Gasteiger partial charge in [-0.3, -0.25) is 22.8 Å². The highest BCUT2D eigenvalue weighted by atomic mass is 16.4. The molecule has 6 aromatic carbocycles. The second kappa shape index (κ2) is 29.3. The number of imidazole rings is 3. The van der Waals surface area contributed by atoms with Crippen LogP contribution in [-0.2, 0) is 9.59 Å². The number of carboxylic acid groups (broad SMARTS) is 1. The number of aliphatic hydroxyl groups excluding tert-OH is 1. The molecule has 9 aromatic heterocycles. The Morgan fingerprint density at radius 1 is 0.390 bits per heavy atom. The monoisotopic (exact) mass is 1390 g/mol. The van der Waals surface area contributed by atoms with E-state index in [1.54, 1.807) is 18.6 Å². The van der Waals surface area contributed by atoms with E-state index in [9.17, 15) is 19.8 Å². The lowest BCUT2D eigenvalue weighted by atomic mass is 9.79. The van der Waals surface area contributed by atoms with Crippen molar-refractivity contribution in [1.29, 1.82) is 0 Å². The number of nitrogen functional groups attached to an aromatic ring is 3. The first-order valence-electron chi connectivity index (χ1n) is 36.5. The summed E-state index contributed by atoms with van der Waals surface area (Å²) in [5.74, 6) is 5.12. The van der Waals surface area contributed by atoms with Crippen molar-refractivity contribution >= 4 is 78.5 Å². The maximum atomic E-state index is 12.2. The van der Waals surface area contributed by atoms with Crippen LogP contribution in [-0.4, -0.2) is 86.6 Å². The second-order valence-corrected chi connectivity index (χ2v) is 28.1. The van der Waals surface area contributed by atoms with Gasteiger partial charge >= 0.3 is 5.97 Å². The Kier molecular flexibility index (Phi) is 18.8. The fourth-order valence-corrected chi connectivity index (χ4v) is 16.0. The topological polar surface area (TPSA) is 282 Å². The number of fused-ring (bicyclic) bond motifs is 6. The number of Topliss-reactive ketones (excluding diaryl/α,β-unsaturated/α-hetero) is 1. The summed E-state index contributed by atoms with van der Waals surface area (Å²) in [7, 11) is 0. The molecule has 105 heavy (non-hydrogen) atoms. The number of rotatable bonds is 13. The third-order valence-electron chi connectivity index (χ3n) is 21.7. The first kappa shape index (κ1) is 67.4. The standard InChI is InChI=1S/C30H29N5O.C28H25N5O2.C28H27N5O/c1-2-26(36)21-9-11-22(12-10-21)30-34-27(28-29(31)32-16-17-35(28)30)23-13-8-20-14-15-24(33-25(20)18-23)19-6-4-3-5-7-19;29-26-25-24(32-27(33(25)15-14-30-26)19-7-9-20(10-8-19)28(34)35)21-11-6-18-12-13-22(31-23(18)16-21)17-4-2-1-3-5-17;29-27-26-25(32-28(33(26)15-14-30-27)21-8-6-18(17-34)7-9-21)22-11-10-20-12-13-23(31-24(20)16-22)19-4-2-1-3-5-19/h3-8,13-18,21-22H,2,9-12H2,1H3,(H2,31,32);1-6,11-16,19-20H,7-10H2,(H2,29,30)(H,34,35);1-5,10-16,18,21,34H,6-9,17H2,(H2,29,30). The van der Waals surface area contributed by atoms with Gasteiger partial charge in [-0.2, -0.15) is 0 Å². The van der Waals surface area contributed by atoms with Crippen molar-refractivity contribution < 1.29 is 19.8 Å². The molecule has 0 radical (unpaired) electrons. The third-order valence-corrected chi connectivity index (χ3v) is 21.7. The number of nitrogens with two attached hydrogens (primary N) is 3. The van der Waals surface area contributed by atoms with Crippen LogP contribution >= 0.6 is 0 Å². The summed E-state index contributed by atoms with van der Waals surface area (Å²) in [6.07, 6.45) is 22.3. The summed E-state index contributed by atoms with van der Waals surface area (Å²) in [5.41, 5.74) is 35.7. The predicted octanol–water partition coefficient (Wildman–Crippen LogP) is 17.5. The molecule has 524 valence electrons. The zero-order valence-electron chi connectivity index (χ0n) is 58.5. The molecule has 9 heterocycles. The summed E-state index contributed by atoms with van der Waals surface area (Å²) in [5, 5.41) is 22.1. The number of aromatic nitrogens is 12. The fraction of sp³-hybridized carbons (Fsp3) is 0.244. The minimum atomic E-state index is -0.705. The van der Waals surface area contributed by atoms with Crippen LogP contribution in [0.25, 0.3) is 117 Å². The highest BCUT2D eigenvalue weighted by Crippen LogP contribution is 2.44. The SMILES string of the molecule is CCC(=O)C1CCC(c2nc(-c3ccc4ccc(-c5ccccc5)nc4c3)c3c(N)nccn23)CC1.Nc1nccn2c(C3CCC(C(=O)O)CC3)nc(-c3ccc4ccc(-c5ccccc5)nc4c3)c12.Nc1nccn2c(C3CCC(CO)CC3)nc(-c3ccc4ccc(-c5ccccc5)nc4c3)c12. The Hall–Kier alpha value is -12.1. The Bertz CT molecular complexity index is 5700. The van der Waals surface area contributed by atoms with Crippen LogP contribution in [0, 0.1) is 17.8 Å². The Morgan fingerprint density at radius 2 is 0.705 bits per heavy atom. The van der Waals surface area contributed by atoms with Crippen molar-refractivity contribution in [3.8, 4) is 67.5 Å². The van der Waals surface area contributed by atoms with Crippen molar-refractivity contribution in [3.05, 3.63) is 237 Å². The normalized spacial score (nSPS) is 18.2. The summed E-state index contributed by atoms with van der Waals surface area (Å²) in [6, 6.07) is 61.7. The number of aliphatic carboxylic acids is 1. The molecule has 0 saturated heterocycles. The molecule has 0 atom stereocenters. The molecule has 3 aliphatic carbocycles. The van der Waals surface area contributed by atoms with E-state index in [-0.39, 0.29) is 30.3 Å². The van der Waals surface area contributed by atoms with Gasteiger partial charge in [-0.15, -0.1) is 0 Å². The van der Waals surface area contributed by atoms with Crippen LogP contribution in [0.4, 0.5) is 17.5 Å². The molecule has 19 heteroatoms. The molecule has 3 saturated carbocycles. The number of hydrogen-bond acceptors (Lipinski definition) is 15. The number of aliphatic hydroxyl groups is 1. The van der Waals surface area contributed by atoms with Gasteiger partial charge < -0.3 is 27.4 Å². The van der Waals surface area contributed by atoms with Gasteiger partial charge in [0.15, 0.2) is 0 Å². The van der Waals surface area contributed by atoms with E-state index in [4.69, 9.17) is 47.1 Å². The van der Waals surface area contributed by atoms with Gasteiger partial charge in [-0.25, -0.2) is 44.9 Å². The molecule has 0 aliphatic heterocycles. The molecular formula is C86H81N15O4. The molecule has 3 fully saturated rings. The molecule has 0 spiro atoms. The van der Waals surface area contributed by atoms with Crippen LogP contribution < -0.4 is 17.2 Å². The second-order valence-electron chi connectivity index (χ2n) is 28.1. The average molecular weight is 1390 g/mol. The minimum absolute atomic E-state index is 0.178. The molecule has 3 aliphatic rings. The number of carboxylic acids is 1. The largest absolute Gasteiger partial charge is 0.481 e. The number of anilines is 3. The van der Waals surface area contributed by atoms with Crippen molar-refractivity contribution in [1.82, 2.24) is 58.1 Å². The van der Waals surface area contributed by atoms with Crippen LogP contribution in [0.1, 0.15) is 126 Å². The third kappa shape index (κ3) is 13.6. The van der Waals surface area contributed by atoms with Crippen LogP contribution in [0.15, 0.2) is 219 Å². The van der Waals surface area contributed by atoms with Gasteiger partial charge in [0.2, 0.25) is 0 Å². The minimum Gasteiger partial charge on any atom is -0.481 e. The van der Waals surface area contributed by atoms with E-state index in [0.717, 1.165) is 198 Å². The number of benzene rings is 6. The Labute approximate surface area is 607 Å². The van der Waals surface area contributed by atoms with E-state index in [1.165, 1.54) is 0 Å². The van der Waals surface area contributed by atoms with Crippen LogP contribution in [0.5, 0.6) is 0 Å². The van der Waals surface area contributed by atoms with E-state index in [2.05, 4.69) is 139 Å². The predicted molar refractivity (Wildman–Crippen MR) is 415 cm³/mol. The van der Waals surface area contributed by atoms with E-state index in [1.807, 2.05) is 96.6 Å². The van der Waals surface area contributed by atoms with Crippen molar-refractivity contribution in [2.75, 3.05) is 23.8 Å². The lowest BCUT2D eigenvalue weighted by Gasteiger charge is -2.26. The van der Waals surface area contributed by atoms with E-state index < -0.39 is 5.97 Å². The molecule has 8 N–H and O–H groups in total. The number of carbonyl (C=O) groups is 2. The summed E-state index contributed by atoms with van der Waals surface area (Å²) < 4.78 is 6.24. The molecule has 0 unspecified atom stereocenters. The molecule has 0 amide bonds. The smallest absolute Gasteiger partial charge is 0.306 e. The number of carbonyl (C=O) groups excluding carboxylic acids is 1. The highest BCUT2D eigenvalue weighted by molar-refractivity contribution is 5.95. The molecule has 19 nitrogen and oxygen atoms in total. The molecular weight excluding hydrogens is 1310 g/mol. The summed E-state index contributed by atoms with van der Waals surface area (Å²) in [4.78, 5) is 66.9. The van der Waals surface area contributed by atoms with Gasteiger partial charge in [0.1, 0.15) is 74.3 Å². The van der Waals surface area contributed by atoms with Crippen molar-refractivity contribution in [3.63, 3.8) is 0 Å². The van der Waals surface area contributed by atoms with Crippen molar-refractivity contribution in [2.24, 2.45) is 17.8 Å². The van der Waals surface area contributed by atoms with Gasteiger partial charge in [0.05, 0.1) is 39.5 Å². The zero-order valence-corrected chi connectivity index (χ0v) is 58.5. The number of hydrogen-bond donors (Lipinski definition) is 5. The van der Waals surface area contributed by atoms with Gasteiger partial charge in [0, 0.05) is 123 Å². The number of ketones is 1. The maximum Gasteiger partial charge on any atom is 0.306 e. The summed E-state index contributed by atoms with van der Waals surface area (Å²) in [6.45, 7) is 2.23.